The van der Waals surface area contributed by atoms with Crippen molar-refractivity contribution in [3.05, 3.63) is 258 Å². The summed E-state index contributed by atoms with van der Waals surface area (Å²) in [5, 5.41) is 2.24. The third-order valence-electron chi connectivity index (χ3n) is 15.1. The maximum Gasteiger partial charge on any atom is 0.267 e. The molecule has 0 radical (unpaired) electrons. The van der Waals surface area contributed by atoms with Crippen LogP contribution in [-0.2, 0) is 42.7 Å². The quantitative estimate of drug-likeness (QED) is 0.0956. The summed E-state index contributed by atoms with van der Waals surface area (Å²) in [7, 11) is 0. The van der Waals surface area contributed by atoms with Crippen LogP contribution >= 0.6 is 0 Å². The molecule has 0 atom stereocenters. The maximum atomic E-state index is 6.99. The fraction of sp³-hybridized carbons (Fsp3) is 0.200. The minimum absolute atomic E-state index is 0. The van der Waals surface area contributed by atoms with Gasteiger partial charge in [0.25, 0.3) is 6.33 Å². The van der Waals surface area contributed by atoms with E-state index in [0.717, 1.165) is 66.9 Å². The van der Waals surface area contributed by atoms with E-state index in [1.807, 2.05) is 18.3 Å². The average Bonchev–Trinajstić information content (AvgIpc) is 4.05. The summed E-state index contributed by atoms with van der Waals surface area (Å²) >= 11 is 0. The fourth-order valence-corrected chi connectivity index (χ4v) is 10.4. The first-order chi connectivity index (χ1) is 35.9. The number of aromatic nitrogens is 4. The standard InChI is InChI=1S/C70H64N4O.Pt/c1-67(2,3)54-31-34-63-62(42-54)61-33-32-59(45-64(61)74(63)66-43-55(35-36-71-66)68(4,5)6)75-60-40-51(49-25-17-12-18-26-49)38-57(44-60)72-46-65(70(9,10)53-29-21-14-22-30-53)73(47-72)58-39-50(48-23-15-11-16-24-48)37-56(41-58)69(7,8)52-27-19-13-20-28-52;/h11-43,46H,1-10H3;/q-2;. The van der Waals surface area contributed by atoms with Gasteiger partial charge in [-0.15, -0.1) is 35.2 Å². The Morgan fingerprint density at radius 3 is 1.66 bits per heavy atom. The zero-order valence-electron chi connectivity index (χ0n) is 45.1. The molecule has 0 aliphatic carbocycles. The molecule has 0 fully saturated rings. The van der Waals surface area contributed by atoms with Crippen molar-refractivity contribution in [3.63, 3.8) is 0 Å². The molecular weight excluding hydrogens is 1110 g/mol. The number of rotatable bonds is 11. The molecule has 8 aromatic carbocycles. The van der Waals surface area contributed by atoms with E-state index in [9.17, 15) is 0 Å². The fourth-order valence-electron chi connectivity index (χ4n) is 10.4. The van der Waals surface area contributed by atoms with Gasteiger partial charge >= 0.3 is 0 Å². The summed E-state index contributed by atoms with van der Waals surface area (Å²) < 4.78 is 13.6. The number of benzene rings is 8. The van der Waals surface area contributed by atoms with Crippen molar-refractivity contribution in [1.82, 2.24) is 14.1 Å². The second-order valence-electron chi connectivity index (χ2n) is 23.1. The van der Waals surface area contributed by atoms with Crippen LogP contribution in [0.1, 0.15) is 103 Å². The van der Waals surface area contributed by atoms with Gasteiger partial charge in [-0.1, -0.05) is 214 Å². The molecule has 5 nitrogen and oxygen atoms in total. The molecule has 0 spiro atoms. The molecule has 0 saturated heterocycles. The number of hydrogen-bond donors (Lipinski definition) is 0. The normalized spacial score (nSPS) is 12.2. The van der Waals surface area contributed by atoms with Crippen molar-refractivity contribution in [2.45, 2.75) is 90.9 Å². The third kappa shape index (κ3) is 10.0. The van der Waals surface area contributed by atoms with Crippen molar-refractivity contribution in [2.75, 3.05) is 0 Å². The number of pyridine rings is 1. The van der Waals surface area contributed by atoms with E-state index in [2.05, 4.69) is 290 Å². The molecule has 11 rings (SSSR count). The summed E-state index contributed by atoms with van der Waals surface area (Å²) in [4.78, 5) is 4.98. The van der Waals surface area contributed by atoms with E-state index >= 15 is 0 Å². The molecule has 0 aliphatic heterocycles. The monoisotopic (exact) mass is 1170 g/mol. The zero-order valence-corrected chi connectivity index (χ0v) is 47.4. The Morgan fingerprint density at radius 1 is 0.461 bits per heavy atom. The molecule has 0 unspecified atom stereocenters. The second kappa shape index (κ2) is 20.2. The number of hydrogen-bond acceptors (Lipinski definition) is 2. The summed E-state index contributed by atoms with van der Waals surface area (Å²) in [6.07, 6.45) is 8.02. The van der Waals surface area contributed by atoms with Gasteiger partial charge in [-0.3, -0.25) is 4.57 Å². The van der Waals surface area contributed by atoms with Crippen molar-refractivity contribution < 1.29 is 30.4 Å². The van der Waals surface area contributed by atoms with Gasteiger partial charge in [0.1, 0.15) is 5.82 Å². The van der Waals surface area contributed by atoms with Crippen molar-refractivity contribution in [1.29, 1.82) is 0 Å². The Kier molecular flexibility index (Phi) is 13.8. The van der Waals surface area contributed by atoms with Crippen LogP contribution in [0.25, 0.3) is 61.3 Å². The van der Waals surface area contributed by atoms with Crippen LogP contribution in [-0.4, -0.2) is 14.1 Å². The number of ether oxygens (including phenoxy) is 1. The minimum atomic E-state index is -0.449. The molecular formula is C70H64N4OPt-2. The van der Waals surface area contributed by atoms with Gasteiger partial charge in [-0.25, -0.2) is 4.98 Å². The molecule has 6 heteroatoms. The Hall–Kier alpha value is -7.59. The predicted molar refractivity (Wildman–Crippen MR) is 308 cm³/mol. The van der Waals surface area contributed by atoms with Crippen LogP contribution < -0.4 is 9.30 Å². The van der Waals surface area contributed by atoms with E-state index in [4.69, 9.17) is 9.72 Å². The van der Waals surface area contributed by atoms with Gasteiger partial charge in [0, 0.05) is 61.3 Å². The van der Waals surface area contributed by atoms with E-state index in [0.29, 0.717) is 11.5 Å². The molecule has 76 heavy (non-hydrogen) atoms. The molecule has 0 N–H and O–H groups in total. The molecule has 3 aromatic heterocycles. The molecule has 0 aliphatic rings. The largest absolute Gasteiger partial charge is 0.510 e. The van der Waals surface area contributed by atoms with Crippen LogP contribution in [0.5, 0.6) is 11.5 Å². The average molecular weight is 1170 g/mol. The van der Waals surface area contributed by atoms with Gasteiger partial charge < -0.3 is 13.9 Å². The Balaban J connectivity index is 0.00000657. The molecule has 3 heterocycles. The maximum absolute atomic E-state index is 6.99. The van der Waals surface area contributed by atoms with Crippen LogP contribution in [0, 0.1) is 18.5 Å². The van der Waals surface area contributed by atoms with E-state index < -0.39 is 5.41 Å². The summed E-state index contributed by atoms with van der Waals surface area (Å²) in [5.74, 6) is 1.98. The van der Waals surface area contributed by atoms with Gasteiger partial charge in [0.15, 0.2) is 0 Å². The minimum Gasteiger partial charge on any atom is -0.510 e. The van der Waals surface area contributed by atoms with E-state index in [-0.39, 0.29) is 37.3 Å². The Labute approximate surface area is 463 Å². The van der Waals surface area contributed by atoms with Crippen LogP contribution in [0.4, 0.5) is 0 Å². The first kappa shape index (κ1) is 51.9. The SMILES string of the molecule is CC(C)(C)c1ccnc(-n2c3[c-]c(Oc4[c-]c(-n5[c-][n+](-c6cc(-c7ccccc7)cc(C(C)(C)c7ccccc7)c6)c(C(C)(C)c6ccccc6)c5)cc(-c5ccccc5)c4)ccc3c3cc(C(C)(C)C)ccc32)c1.[Pt]. The number of nitrogens with zero attached hydrogens (tertiary/aromatic N) is 4. The topological polar surface area (TPSA) is 35.9 Å². The van der Waals surface area contributed by atoms with Crippen molar-refractivity contribution in [2.24, 2.45) is 0 Å². The zero-order chi connectivity index (χ0) is 52.3. The number of fused-ring (bicyclic) bond motifs is 3. The first-order valence-electron chi connectivity index (χ1n) is 26.1. The van der Waals surface area contributed by atoms with E-state index in [1.165, 1.54) is 27.8 Å². The van der Waals surface area contributed by atoms with Gasteiger partial charge in [-0.05, 0) is 96.7 Å². The Bertz CT molecular complexity index is 3860. The molecule has 382 valence electrons. The van der Waals surface area contributed by atoms with E-state index in [1.54, 1.807) is 0 Å². The van der Waals surface area contributed by atoms with Crippen LogP contribution in [0.15, 0.2) is 207 Å². The van der Waals surface area contributed by atoms with Crippen LogP contribution in [0.3, 0.4) is 0 Å². The summed E-state index contributed by atoms with van der Waals surface area (Å²) in [6.45, 7) is 22.7. The summed E-state index contributed by atoms with van der Waals surface area (Å²) in [6, 6.07) is 76.7. The van der Waals surface area contributed by atoms with Gasteiger partial charge in [-0.2, -0.15) is 12.1 Å². The van der Waals surface area contributed by atoms with Gasteiger partial charge in [0.2, 0.25) is 0 Å². The molecule has 0 bridgehead atoms. The first-order valence-corrected chi connectivity index (χ1v) is 26.1. The Morgan fingerprint density at radius 2 is 1.04 bits per heavy atom. The summed E-state index contributed by atoms with van der Waals surface area (Å²) in [5.41, 5.74) is 14.4. The predicted octanol–water partition coefficient (Wildman–Crippen LogP) is 17.0. The van der Waals surface area contributed by atoms with Crippen molar-refractivity contribution >= 4 is 21.8 Å². The molecule has 0 saturated carbocycles. The van der Waals surface area contributed by atoms with Gasteiger partial charge in [0.05, 0.1) is 11.4 Å². The number of imidazole rings is 1. The second-order valence-corrected chi connectivity index (χ2v) is 23.1. The molecule has 11 aromatic rings. The molecule has 0 amide bonds. The third-order valence-corrected chi connectivity index (χ3v) is 15.1. The smallest absolute Gasteiger partial charge is 0.267 e. The van der Waals surface area contributed by atoms with Crippen molar-refractivity contribution in [3.8, 4) is 50.9 Å². The van der Waals surface area contributed by atoms with Crippen LogP contribution in [0.2, 0.25) is 0 Å².